The van der Waals surface area contributed by atoms with Crippen LogP contribution in [-0.2, 0) is 0 Å². The van der Waals surface area contributed by atoms with Crippen molar-refractivity contribution in [3.05, 3.63) is 24.4 Å². The van der Waals surface area contributed by atoms with Crippen molar-refractivity contribution < 1.29 is 0 Å². The van der Waals surface area contributed by atoms with Gasteiger partial charge in [-0.15, -0.1) is 0 Å². The first-order valence-electron chi connectivity index (χ1n) is 6.22. The van der Waals surface area contributed by atoms with Crippen LogP contribution in [0.25, 0.3) is 10.9 Å². The number of hydrogen-bond donors (Lipinski definition) is 3. The van der Waals surface area contributed by atoms with Crippen LogP contribution >= 0.6 is 0 Å². The van der Waals surface area contributed by atoms with Crippen LogP contribution in [0.4, 0.5) is 5.69 Å². The average Bonchev–Trinajstić information content (AvgIpc) is 2.81. The summed E-state index contributed by atoms with van der Waals surface area (Å²) in [4.78, 5) is 0. The molecule has 0 radical (unpaired) electrons. The number of benzene rings is 1. The van der Waals surface area contributed by atoms with Crippen LogP contribution in [-0.4, -0.2) is 22.8 Å². The Hall–Kier alpha value is -1.55. The van der Waals surface area contributed by atoms with Crippen LogP contribution < -0.4 is 11.1 Å². The van der Waals surface area contributed by atoms with Gasteiger partial charge in [-0.2, -0.15) is 5.10 Å². The highest BCUT2D eigenvalue weighted by Crippen LogP contribution is 2.16. The summed E-state index contributed by atoms with van der Waals surface area (Å²) in [6.07, 6.45) is 5.30. The van der Waals surface area contributed by atoms with E-state index in [-0.39, 0.29) is 6.04 Å². The molecule has 0 saturated carbocycles. The second-order valence-corrected chi connectivity index (χ2v) is 4.46. The lowest BCUT2D eigenvalue weighted by atomic mass is 10.1. The van der Waals surface area contributed by atoms with Crippen molar-refractivity contribution in [2.45, 2.75) is 32.2 Å². The SMILES string of the molecule is CCCCC(N)CNc1ccc2cn[nH]c2c1. The largest absolute Gasteiger partial charge is 0.383 e. The second-order valence-electron chi connectivity index (χ2n) is 4.46. The number of H-pyrrole nitrogens is 1. The Labute approximate surface area is 102 Å². The van der Waals surface area contributed by atoms with E-state index < -0.39 is 0 Å². The fourth-order valence-electron chi connectivity index (χ4n) is 1.86. The zero-order chi connectivity index (χ0) is 12.1. The van der Waals surface area contributed by atoms with Gasteiger partial charge < -0.3 is 11.1 Å². The molecule has 4 N–H and O–H groups in total. The van der Waals surface area contributed by atoms with E-state index in [0.717, 1.165) is 29.6 Å². The van der Waals surface area contributed by atoms with E-state index in [4.69, 9.17) is 5.73 Å². The van der Waals surface area contributed by atoms with Crippen molar-refractivity contribution >= 4 is 16.6 Å². The molecular formula is C13H20N4. The van der Waals surface area contributed by atoms with Gasteiger partial charge in [0, 0.05) is 23.7 Å². The van der Waals surface area contributed by atoms with Gasteiger partial charge >= 0.3 is 0 Å². The van der Waals surface area contributed by atoms with Crippen molar-refractivity contribution in [1.29, 1.82) is 0 Å². The standard InChI is InChI=1S/C13H20N4/c1-2-3-4-11(14)9-15-12-6-5-10-8-16-17-13(10)7-12/h5-8,11,15H,2-4,9,14H2,1H3,(H,16,17). The summed E-state index contributed by atoms with van der Waals surface area (Å²) >= 11 is 0. The molecule has 0 fully saturated rings. The molecular weight excluding hydrogens is 212 g/mol. The molecule has 0 bridgehead atoms. The Morgan fingerprint density at radius 3 is 3.18 bits per heavy atom. The molecule has 0 aliphatic heterocycles. The van der Waals surface area contributed by atoms with Crippen LogP contribution in [0.5, 0.6) is 0 Å². The number of anilines is 1. The van der Waals surface area contributed by atoms with Crippen LogP contribution in [0.3, 0.4) is 0 Å². The molecule has 92 valence electrons. The third-order valence-electron chi connectivity index (χ3n) is 2.94. The molecule has 1 atom stereocenters. The number of nitrogens with zero attached hydrogens (tertiary/aromatic N) is 1. The third kappa shape index (κ3) is 3.20. The summed E-state index contributed by atoms with van der Waals surface area (Å²) in [5, 5.41) is 11.5. The molecule has 0 aliphatic carbocycles. The van der Waals surface area contributed by atoms with Crippen molar-refractivity contribution in [3.63, 3.8) is 0 Å². The first kappa shape index (κ1) is 11.9. The highest BCUT2D eigenvalue weighted by atomic mass is 15.1. The van der Waals surface area contributed by atoms with Crippen molar-refractivity contribution in [2.24, 2.45) is 5.73 Å². The van der Waals surface area contributed by atoms with Gasteiger partial charge in [0.15, 0.2) is 0 Å². The van der Waals surface area contributed by atoms with E-state index >= 15 is 0 Å². The summed E-state index contributed by atoms with van der Waals surface area (Å²) < 4.78 is 0. The Kier molecular flexibility index (Phi) is 3.98. The predicted octanol–water partition coefficient (Wildman–Crippen LogP) is 2.49. The minimum absolute atomic E-state index is 0.229. The van der Waals surface area contributed by atoms with Gasteiger partial charge in [0.25, 0.3) is 0 Å². The number of hydrogen-bond acceptors (Lipinski definition) is 3. The molecule has 1 heterocycles. The molecule has 17 heavy (non-hydrogen) atoms. The van der Waals surface area contributed by atoms with E-state index in [0.29, 0.717) is 0 Å². The summed E-state index contributed by atoms with van der Waals surface area (Å²) in [5.41, 5.74) is 8.16. The van der Waals surface area contributed by atoms with Gasteiger partial charge in [-0.05, 0) is 24.6 Å². The van der Waals surface area contributed by atoms with Gasteiger partial charge in [0.2, 0.25) is 0 Å². The number of aromatic amines is 1. The predicted molar refractivity (Wildman–Crippen MR) is 72.1 cm³/mol. The molecule has 0 spiro atoms. The molecule has 1 unspecified atom stereocenters. The van der Waals surface area contributed by atoms with Crippen molar-refractivity contribution in [2.75, 3.05) is 11.9 Å². The summed E-state index contributed by atoms with van der Waals surface area (Å²) in [6.45, 7) is 3.01. The van der Waals surface area contributed by atoms with Crippen LogP contribution in [0, 0.1) is 0 Å². The van der Waals surface area contributed by atoms with Gasteiger partial charge in [-0.1, -0.05) is 19.8 Å². The lowest BCUT2D eigenvalue weighted by Crippen LogP contribution is -2.28. The van der Waals surface area contributed by atoms with Crippen molar-refractivity contribution in [3.8, 4) is 0 Å². The Bertz CT molecular complexity index is 463. The van der Waals surface area contributed by atoms with Gasteiger partial charge in [0.1, 0.15) is 0 Å². The Morgan fingerprint density at radius 1 is 1.47 bits per heavy atom. The molecule has 2 aromatic rings. The molecule has 4 nitrogen and oxygen atoms in total. The minimum atomic E-state index is 0.229. The van der Waals surface area contributed by atoms with E-state index in [2.05, 4.69) is 40.6 Å². The fourth-order valence-corrected chi connectivity index (χ4v) is 1.86. The van der Waals surface area contributed by atoms with E-state index in [1.807, 2.05) is 6.20 Å². The lowest BCUT2D eigenvalue weighted by molar-refractivity contribution is 0.596. The number of unbranched alkanes of at least 4 members (excludes halogenated alkanes) is 1. The Balaban J connectivity index is 1.89. The topological polar surface area (TPSA) is 66.7 Å². The average molecular weight is 232 g/mol. The smallest absolute Gasteiger partial charge is 0.0670 e. The van der Waals surface area contributed by atoms with Crippen LogP contribution in [0.2, 0.25) is 0 Å². The number of nitrogens with one attached hydrogen (secondary N) is 2. The van der Waals surface area contributed by atoms with Crippen LogP contribution in [0.15, 0.2) is 24.4 Å². The quantitative estimate of drug-likeness (QED) is 0.717. The maximum atomic E-state index is 6.02. The minimum Gasteiger partial charge on any atom is -0.383 e. The molecule has 1 aromatic heterocycles. The molecule has 4 heteroatoms. The number of aromatic nitrogens is 2. The van der Waals surface area contributed by atoms with E-state index in [9.17, 15) is 0 Å². The fraction of sp³-hybridized carbons (Fsp3) is 0.462. The normalized spacial score (nSPS) is 12.8. The number of fused-ring (bicyclic) bond motifs is 1. The first-order chi connectivity index (χ1) is 8.29. The highest BCUT2D eigenvalue weighted by molar-refractivity contribution is 5.81. The van der Waals surface area contributed by atoms with E-state index in [1.165, 1.54) is 12.8 Å². The number of rotatable bonds is 6. The van der Waals surface area contributed by atoms with Crippen LogP contribution in [0.1, 0.15) is 26.2 Å². The third-order valence-corrected chi connectivity index (χ3v) is 2.94. The van der Waals surface area contributed by atoms with Gasteiger partial charge in [0.05, 0.1) is 11.7 Å². The monoisotopic (exact) mass is 232 g/mol. The zero-order valence-electron chi connectivity index (χ0n) is 10.2. The second kappa shape index (κ2) is 5.68. The maximum absolute atomic E-state index is 6.02. The summed E-state index contributed by atoms with van der Waals surface area (Å²) in [6, 6.07) is 6.41. The van der Waals surface area contributed by atoms with Gasteiger partial charge in [-0.25, -0.2) is 0 Å². The molecule has 2 rings (SSSR count). The highest BCUT2D eigenvalue weighted by Gasteiger charge is 2.02. The first-order valence-corrected chi connectivity index (χ1v) is 6.22. The molecule has 0 saturated heterocycles. The zero-order valence-corrected chi connectivity index (χ0v) is 10.2. The maximum Gasteiger partial charge on any atom is 0.0670 e. The van der Waals surface area contributed by atoms with E-state index in [1.54, 1.807) is 0 Å². The lowest BCUT2D eigenvalue weighted by Gasteiger charge is -2.13. The van der Waals surface area contributed by atoms with Gasteiger partial charge in [-0.3, -0.25) is 5.10 Å². The summed E-state index contributed by atoms with van der Waals surface area (Å²) in [7, 11) is 0. The van der Waals surface area contributed by atoms with Crippen molar-refractivity contribution in [1.82, 2.24) is 10.2 Å². The molecule has 1 aromatic carbocycles. The summed E-state index contributed by atoms with van der Waals surface area (Å²) in [5.74, 6) is 0. The number of nitrogens with two attached hydrogens (primary N) is 1. The molecule has 0 aliphatic rings. The molecule has 0 amide bonds. The Morgan fingerprint density at radius 2 is 2.35 bits per heavy atom.